The highest BCUT2D eigenvalue weighted by molar-refractivity contribution is 5.96. The summed E-state index contributed by atoms with van der Waals surface area (Å²) in [4.78, 5) is 45.5. The number of nitro benzene ring substituents is 1. The normalized spacial score (nSPS) is 10.0. The maximum atomic E-state index is 11.9. The van der Waals surface area contributed by atoms with E-state index in [2.05, 4.69) is 10.6 Å². The van der Waals surface area contributed by atoms with E-state index in [-0.39, 0.29) is 17.8 Å². The van der Waals surface area contributed by atoms with Crippen molar-refractivity contribution in [1.29, 1.82) is 0 Å². The van der Waals surface area contributed by atoms with Crippen molar-refractivity contribution in [2.24, 2.45) is 0 Å². The number of nitrogens with one attached hydrogen (secondary N) is 2. The molecule has 2 aromatic rings. The molecule has 0 aliphatic rings. The predicted octanol–water partition coefficient (Wildman–Crippen LogP) is 2.07. The fraction of sp³-hybridized carbons (Fsp3) is 0.211. The van der Waals surface area contributed by atoms with E-state index in [4.69, 9.17) is 4.74 Å². The zero-order valence-corrected chi connectivity index (χ0v) is 15.1. The number of para-hydroxylation sites is 1. The van der Waals surface area contributed by atoms with Crippen LogP contribution in [-0.2, 0) is 20.7 Å². The number of aryl methyl sites for hydroxylation is 1. The first-order chi connectivity index (χ1) is 13.4. The van der Waals surface area contributed by atoms with Crippen LogP contribution in [0.15, 0.2) is 48.5 Å². The number of esters is 1. The van der Waals surface area contributed by atoms with Crippen molar-refractivity contribution in [3.8, 4) is 0 Å². The fourth-order valence-electron chi connectivity index (χ4n) is 2.31. The van der Waals surface area contributed by atoms with Gasteiger partial charge < -0.3 is 15.4 Å². The highest BCUT2D eigenvalue weighted by atomic mass is 16.6. The first kappa shape index (κ1) is 20.6. The van der Waals surface area contributed by atoms with Crippen LogP contribution in [-0.4, -0.2) is 35.9 Å². The van der Waals surface area contributed by atoms with E-state index < -0.39 is 29.3 Å². The number of non-ortho nitro benzene ring substituents is 1. The molecule has 9 heteroatoms. The Morgan fingerprint density at radius 1 is 1.04 bits per heavy atom. The van der Waals surface area contributed by atoms with Crippen molar-refractivity contribution in [1.82, 2.24) is 5.32 Å². The maximum Gasteiger partial charge on any atom is 0.338 e. The molecular weight excluding hydrogens is 366 g/mol. The molecule has 0 atom stereocenters. The van der Waals surface area contributed by atoms with E-state index in [1.54, 1.807) is 12.1 Å². The summed E-state index contributed by atoms with van der Waals surface area (Å²) in [6, 6.07) is 12.1. The molecule has 0 aliphatic heterocycles. The second kappa shape index (κ2) is 9.81. The third kappa shape index (κ3) is 5.90. The molecule has 0 fully saturated rings. The van der Waals surface area contributed by atoms with E-state index in [1.165, 1.54) is 12.1 Å². The Bertz CT molecular complexity index is 879. The molecule has 0 heterocycles. The number of nitrogens with zero attached hydrogens (tertiary/aromatic N) is 1. The van der Waals surface area contributed by atoms with Gasteiger partial charge in [-0.25, -0.2) is 4.79 Å². The Kier molecular flexibility index (Phi) is 7.21. The minimum absolute atomic E-state index is 0.0762. The lowest BCUT2D eigenvalue weighted by molar-refractivity contribution is -0.384. The number of amides is 2. The molecule has 2 rings (SSSR count). The number of carbonyl (C=O) groups is 3. The maximum absolute atomic E-state index is 11.9. The molecule has 2 amide bonds. The summed E-state index contributed by atoms with van der Waals surface area (Å²) in [5.74, 6) is -1.85. The number of nitro groups is 1. The lowest BCUT2D eigenvalue weighted by atomic mass is 10.1. The van der Waals surface area contributed by atoms with E-state index in [0.29, 0.717) is 5.69 Å². The summed E-state index contributed by atoms with van der Waals surface area (Å²) in [7, 11) is 0. The molecule has 9 nitrogen and oxygen atoms in total. The zero-order chi connectivity index (χ0) is 20.5. The largest absolute Gasteiger partial charge is 0.452 e. The second-order valence-corrected chi connectivity index (χ2v) is 5.72. The SMILES string of the molecule is CCc1ccccc1NC(=O)CNC(=O)COC(=O)c1ccc([N+](=O)[O-])cc1. The van der Waals surface area contributed by atoms with E-state index in [9.17, 15) is 24.5 Å². The molecule has 2 N–H and O–H groups in total. The highest BCUT2D eigenvalue weighted by Gasteiger charge is 2.13. The summed E-state index contributed by atoms with van der Waals surface area (Å²) < 4.78 is 4.82. The van der Waals surface area contributed by atoms with Crippen molar-refractivity contribution in [3.05, 3.63) is 69.8 Å². The highest BCUT2D eigenvalue weighted by Crippen LogP contribution is 2.15. The number of rotatable bonds is 8. The summed E-state index contributed by atoms with van der Waals surface area (Å²) in [5.41, 5.74) is 1.56. The van der Waals surface area contributed by atoms with Gasteiger partial charge in [-0.3, -0.25) is 19.7 Å². The molecule has 0 saturated heterocycles. The molecule has 0 aromatic heterocycles. The minimum Gasteiger partial charge on any atom is -0.452 e. The van der Waals surface area contributed by atoms with Crippen LogP contribution in [0.25, 0.3) is 0 Å². The van der Waals surface area contributed by atoms with Gasteiger partial charge in [-0.15, -0.1) is 0 Å². The molecule has 0 aliphatic carbocycles. The second-order valence-electron chi connectivity index (χ2n) is 5.72. The summed E-state index contributed by atoms with van der Waals surface area (Å²) in [6.07, 6.45) is 0.751. The smallest absolute Gasteiger partial charge is 0.338 e. The number of hydrogen-bond acceptors (Lipinski definition) is 6. The quantitative estimate of drug-likeness (QED) is 0.407. The molecule has 2 aromatic carbocycles. The van der Waals surface area contributed by atoms with E-state index in [1.807, 2.05) is 19.1 Å². The Hall–Kier alpha value is -3.75. The van der Waals surface area contributed by atoms with Crippen LogP contribution >= 0.6 is 0 Å². The monoisotopic (exact) mass is 385 g/mol. The van der Waals surface area contributed by atoms with E-state index in [0.717, 1.165) is 24.1 Å². The first-order valence-electron chi connectivity index (χ1n) is 8.46. The van der Waals surface area contributed by atoms with E-state index >= 15 is 0 Å². The predicted molar refractivity (Wildman–Crippen MR) is 101 cm³/mol. The third-order valence-corrected chi connectivity index (χ3v) is 3.77. The van der Waals surface area contributed by atoms with Crippen molar-refractivity contribution < 1.29 is 24.0 Å². The molecular formula is C19H19N3O6. The summed E-state index contributed by atoms with van der Waals surface area (Å²) >= 11 is 0. The Labute approximate surface area is 160 Å². The number of anilines is 1. The topological polar surface area (TPSA) is 128 Å². The number of carbonyl (C=O) groups excluding carboxylic acids is 3. The average Bonchev–Trinajstić information content (AvgIpc) is 2.70. The lowest BCUT2D eigenvalue weighted by Crippen LogP contribution is -2.35. The minimum atomic E-state index is -0.800. The zero-order valence-electron chi connectivity index (χ0n) is 15.1. The average molecular weight is 385 g/mol. The van der Waals surface area contributed by atoms with Gasteiger partial charge in [-0.2, -0.15) is 0 Å². The van der Waals surface area contributed by atoms with Gasteiger partial charge in [0.1, 0.15) is 0 Å². The number of hydrogen-bond donors (Lipinski definition) is 2. The Balaban J connectivity index is 1.76. The Morgan fingerprint density at radius 3 is 2.36 bits per heavy atom. The number of ether oxygens (including phenoxy) is 1. The van der Waals surface area contributed by atoms with Gasteiger partial charge in [-0.1, -0.05) is 25.1 Å². The van der Waals surface area contributed by atoms with Gasteiger partial charge in [0.25, 0.3) is 11.6 Å². The van der Waals surface area contributed by atoms with Gasteiger partial charge in [0.15, 0.2) is 6.61 Å². The molecule has 28 heavy (non-hydrogen) atoms. The van der Waals surface area contributed by atoms with Crippen LogP contribution in [0.1, 0.15) is 22.8 Å². The van der Waals surface area contributed by atoms with Gasteiger partial charge in [0.05, 0.1) is 17.0 Å². The number of benzene rings is 2. The molecule has 0 spiro atoms. The van der Waals surface area contributed by atoms with Gasteiger partial charge in [0, 0.05) is 17.8 Å². The lowest BCUT2D eigenvalue weighted by Gasteiger charge is -2.10. The molecule has 0 unspecified atom stereocenters. The molecule has 146 valence electrons. The Morgan fingerprint density at radius 2 is 1.71 bits per heavy atom. The van der Waals surface area contributed by atoms with Crippen LogP contribution in [0, 0.1) is 10.1 Å². The van der Waals surface area contributed by atoms with Gasteiger partial charge >= 0.3 is 5.97 Å². The van der Waals surface area contributed by atoms with Crippen molar-refractivity contribution in [2.45, 2.75) is 13.3 Å². The fourth-order valence-corrected chi connectivity index (χ4v) is 2.31. The molecule has 0 saturated carbocycles. The van der Waals surface area contributed by atoms with Gasteiger partial charge in [-0.05, 0) is 30.2 Å². The van der Waals surface area contributed by atoms with Crippen LogP contribution in [0.3, 0.4) is 0 Å². The van der Waals surface area contributed by atoms with Crippen LogP contribution in [0.4, 0.5) is 11.4 Å². The van der Waals surface area contributed by atoms with Crippen LogP contribution < -0.4 is 10.6 Å². The van der Waals surface area contributed by atoms with Gasteiger partial charge in [0.2, 0.25) is 5.91 Å². The molecule has 0 radical (unpaired) electrons. The molecule has 0 bridgehead atoms. The van der Waals surface area contributed by atoms with Crippen LogP contribution in [0.2, 0.25) is 0 Å². The van der Waals surface area contributed by atoms with Crippen molar-refractivity contribution in [3.63, 3.8) is 0 Å². The standard InChI is InChI=1S/C19H19N3O6/c1-2-13-5-3-4-6-16(13)21-17(23)11-20-18(24)12-28-19(25)14-7-9-15(10-8-14)22(26)27/h3-10H,2,11-12H2,1H3,(H,20,24)(H,21,23). The third-order valence-electron chi connectivity index (χ3n) is 3.77. The van der Waals surface area contributed by atoms with Crippen molar-refractivity contribution >= 4 is 29.2 Å². The summed E-state index contributed by atoms with van der Waals surface area (Å²) in [5, 5.41) is 15.6. The van der Waals surface area contributed by atoms with Crippen molar-refractivity contribution in [2.75, 3.05) is 18.5 Å². The first-order valence-corrected chi connectivity index (χ1v) is 8.46. The summed E-state index contributed by atoms with van der Waals surface area (Å²) in [6.45, 7) is 1.12. The van der Waals surface area contributed by atoms with Crippen LogP contribution in [0.5, 0.6) is 0 Å².